The lowest BCUT2D eigenvalue weighted by Gasteiger charge is -2.19. The van der Waals surface area contributed by atoms with Crippen LogP contribution in [0.2, 0.25) is 0 Å². The van der Waals surface area contributed by atoms with Gasteiger partial charge in [0.05, 0.1) is 21.9 Å². The van der Waals surface area contributed by atoms with Crippen LogP contribution in [0.25, 0.3) is 10.4 Å². The summed E-state index contributed by atoms with van der Waals surface area (Å²) in [6, 6.07) is 10.7. The van der Waals surface area contributed by atoms with Crippen molar-refractivity contribution in [2.45, 2.75) is 57.5 Å². The summed E-state index contributed by atoms with van der Waals surface area (Å²) >= 11 is 1.59. The van der Waals surface area contributed by atoms with Crippen molar-refractivity contribution in [3.8, 4) is 10.4 Å². The normalized spacial score (nSPS) is 12.7. The van der Waals surface area contributed by atoms with Crippen LogP contribution in [-0.2, 0) is 24.0 Å². The Morgan fingerprint density at radius 1 is 1.13 bits per heavy atom. The SMILES string of the molecule is CCOC(=O)N=S(C)(=O)c1ccc(Nc2ncc(-c3cccs3)c(NCCCCC(=O)OC(C)(C)C)n2)cc1. The van der Waals surface area contributed by atoms with Gasteiger partial charge in [-0.15, -0.1) is 15.7 Å². The first-order chi connectivity index (χ1) is 18.5. The summed E-state index contributed by atoms with van der Waals surface area (Å²) in [5, 5.41) is 8.53. The van der Waals surface area contributed by atoms with Crippen LogP contribution in [0.4, 0.5) is 22.2 Å². The maximum Gasteiger partial charge on any atom is 0.442 e. The Kier molecular flexibility index (Phi) is 10.4. The van der Waals surface area contributed by atoms with Gasteiger partial charge < -0.3 is 20.1 Å². The molecule has 210 valence electrons. The number of esters is 1. The molecule has 0 aliphatic carbocycles. The summed E-state index contributed by atoms with van der Waals surface area (Å²) < 4.78 is 26.7. The molecular weight excluding hydrogens is 538 g/mol. The molecule has 2 N–H and O–H groups in total. The molecule has 0 aliphatic rings. The molecule has 1 unspecified atom stereocenters. The predicted molar refractivity (Wildman–Crippen MR) is 155 cm³/mol. The van der Waals surface area contributed by atoms with Gasteiger partial charge in [-0.3, -0.25) is 4.79 Å². The van der Waals surface area contributed by atoms with E-state index in [-0.39, 0.29) is 12.6 Å². The lowest BCUT2D eigenvalue weighted by molar-refractivity contribution is -0.154. The summed E-state index contributed by atoms with van der Waals surface area (Å²) in [5.74, 6) is 0.858. The molecule has 0 aliphatic heterocycles. The monoisotopic (exact) mass is 573 g/mol. The molecule has 10 nitrogen and oxygen atoms in total. The van der Waals surface area contributed by atoms with Crippen LogP contribution in [0.3, 0.4) is 0 Å². The highest BCUT2D eigenvalue weighted by Gasteiger charge is 2.16. The molecule has 12 heteroatoms. The molecule has 0 saturated carbocycles. The number of nitrogens with one attached hydrogen (secondary N) is 2. The first-order valence-electron chi connectivity index (χ1n) is 12.6. The van der Waals surface area contributed by atoms with E-state index in [1.807, 2.05) is 38.3 Å². The topological polar surface area (TPSA) is 132 Å². The van der Waals surface area contributed by atoms with Crippen LogP contribution in [-0.4, -0.2) is 51.2 Å². The fraction of sp³-hybridized carbons (Fsp3) is 0.407. The van der Waals surface area contributed by atoms with Crippen molar-refractivity contribution in [3.63, 3.8) is 0 Å². The van der Waals surface area contributed by atoms with E-state index in [9.17, 15) is 13.8 Å². The number of rotatable bonds is 11. The molecule has 3 rings (SSSR count). The summed E-state index contributed by atoms with van der Waals surface area (Å²) in [6.45, 7) is 8.02. The molecule has 2 heterocycles. The molecule has 0 saturated heterocycles. The van der Waals surface area contributed by atoms with Gasteiger partial charge in [-0.25, -0.2) is 14.0 Å². The van der Waals surface area contributed by atoms with Gasteiger partial charge in [0.25, 0.3) is 0 Å². The van der Waals surface area contributed by atoms with Gasteiger partial charge in [0, 0.05) is 40.9 Å². The third-order valence-electron chi connectivity index (χ3n) is 5.16. The molecule has 0 bridgehead atoms. The van der Waals surface area contributed by atoms with Gasteiger partial charge in [0.2, 0.25) is 5.95 Å². The largest absolute Gasteiger partial charge is 0.460 e. The molecular formula is C27H35N5O5S2. The quantitative estimate of drug-likeness (QED) is 0.195. The van der Waals surface area contributed by atoms with Gasteiger partial charge in [-0.1, -0.05) is 6.07 Å². The van der Waals surface area contributed by atoms with Crippen LogP contribution >= 0.6 is 11.3 Å². The van der Waals surface area contributed by atoms with Crippen molar-refractivity contribution >= 4 is 50.6 Å². The zero-order valence-corrected chi connectivity index (χ0v) is 24.5. The molecule has 1 atom stereocenters. The summed E-state index contributed by atoms with van der Waals surface area (Å²) in [4.78, 5) is 34.2. The van der Waals surface area contributed by atoms with E-state index in [0.29, 0.717) is 41.7 Å². The number of benzene rings is 1. The van der Waals surface area contributed by atoms with Gasteiger partial charge in [0.1, 0.15) is 11.4 Å². The number of carbonyl (C=O) groups is 2. The van der Waals surface area contributed by atoms with Crippen LogP contribution < -0.4 is 10.6 Å². The molecule has 3 aromatic rings. The standard InChI is InChI=1S/C27H35N5O5S2/c1-6-36-26(34)32-39(5,35)20-14-12-19(13-15-20)30-25-29-18-21(22-10-9-17-38-22)24(31-25)28-16-8-7-11-23(33)37-27(2,3)4/h9-10,12-15,17-18H,6-8,11,16H2,1-5H3,(H2,28,29,30,31). The molecule has 39 heavy (non-hydrogen) atoms. The third kappa shape index (κ3) is 9.63. The van der Waals surface area contributed by atoms with Gasteiger partial charge >= 0.3 is 12.1 Å². The minimum absolute atomic E-state index is 0.162. The highest BCUT2D eigenvalue weighted by atomic mass is 32.2. The van der Waals surface area contributed by atoms with Crippen LogP contribution in [0, 0.1) is 0 Å². The summed E-state index contributed by atoms with van der Waals surface area (Å²) in [5.41, 5.74) is 1.07. The number of amides is 1. The van der Waals surface area contributed by atoms with Crippen LogP contribution in [0.1, 0.15) is 47.0 Å². The van der Waals surface area contributed by atoms with Crippen molar-refractivity contribution in [3.05, 3.63) is 48.0 Å². The van der Waals surface area contributed by atoms with Crippen molar-refractivity contribution in [1.29, 1.82) is 0 Å². The number of anilines is 3. The first kappa shape index (κ1) is 30.0. The number of hydrogen-bond acceptors (Lipinski definition) is 10. The maximum absolute atomic E-state index is 12.8. The Labute approximate surface area is 233 Å². The smallest absolute Gasteiger partial charge is 0.442 e. The number of carbonyl (C=O) groups excluding carboxylic acids is 2. The van der Waals surface area contributed by atoms with Gasteiger partial charge in [-0.05, 0) is 76.2 Å². The van der Waals surface area contributed by atoms with Crippen molar-refractivity contribution in [2.24, 2.45) is 4.36 Å². The first-order valence-corrected chi connectivity index (χ1v) is 15.4. The Bertz CT molecular complexity index is 1380. The van der Waals surface area contributed by atoms with E-state index >= 15 is 0 Å². The maximum atomic E-state index is 12.8. The van der Waals surface area contributed by atoms with Gasteiger partial charge in [-0.2, -0.15) is 4.98 Å². The average Bonchev–Trinajstić information content (AvgIpc) is 3.38. The molecule has 0 spiro atoms. The second-order valence-corrected chi connectivity index (χ2v) is 12.9. The number of thiophene rings is 1. The van der Waals surface area contributed by atoms with E-state index in [4.69, 9.17) is 9.47 Å². The van der Waals surface area contributed by atoms with Crippen molar-refractivity contribution in [1.82, 2.24) is 9.97 Å². The minimum atomic E-state index is -2.93. The zero-order valence-electron chi connectivity index (χ0n) is 22.9. The van der Waals surface area contributed by atoms with Gasteiger partial charge in [0.15, 0.2) is 0 Å². The highest BCUT2D eigenvalue weighted by Crippen LogP contribution is 2.31. The Balaban J connectivity index is 1.68. The number of ether oxygens (including phenoxy) is 2. The second-order valence-electron chi connectivity index (χ2n) is 9.65. The lowest BCUT2D eigenvalue weighted by atomic mass is 10.2. The molecule has 2 aromatic heterocycles. The fourth-order valence-corrected chi connectivity index (χ4v) is 5.27. The second kappa shape index (κ2) is 13.5. The van der Waals surface area contributed by atoms with E-state index in [0.717, 1.165) is 16.9 Å². The number of nitrogens with zero attached hydrogens (tertiary/aromatic N) is 3. The van der Waals surface area contributed by atoms with E-state index in [1.165, 1.54) is 6.26 Å². The van der Waals surface area contributed by atoms with E-state index in [2.05, 4.69) is 25.0 Å². The molecule has 0 radical (unpaired) electrons. The highest BCUT2D eigenvalue weighted by molar-refractivity contribution is 7.93. The summed E-state index contributed by atoms with van der Waals surface area (Å²) in [7, 11) is -2.93. The third-order valence-corrected chi connectivity index (χ3v) is 7.71. The summed E-state index contributed by atoms with van der Waals surface area (Å²) in [6.07, 6.45) is 4.13. The predicted octanol–water partition coefficient (Wildman–Crippen LogP) is 6.49. The van der Waals surface area contributed by atoms with E-state index < -0.39 is 21.4 Å². The fourth-order valence-electron chi connectivity index (χ4n) is 3.45. The Morgan fingerprint density at radius 3 is 2.51 bits per heavy atom. The van der Waals surface area contributed by atoms with Crippen molar-refractivity contribution < 1.29 is 23.3 Å². The molecule has 1 amide bonds. The minimum Gasteiger partial charge on any atom is -0.460 e. The lowest BCUT2D eigenvalue weighted by Crippen LogP contribution is -2.23. The van der Waals surface area contributed by atoms with E-state index in [1.54, 1.807) is 48.7 Å². The van der Waals surface area contributed by atoms with Crippen LogP contribution in [0.5, 0.6) is 0 Å². The van der Waals surface area contributed by atoms with Crippen molar-refractivity contribution in [2.75, 3.05) is 30.0 Å². The zero-order chi connectivity index (χ0) is 28.5. The number of aromatic nitrogens is 2. The van der Waals surface area contributed by atoms with Crippen LogP contribution in [0.15, 0.2) is 57.2 Å². The number of unbranched alkanes of at least 4 members (excludes halogenated alkanes) is 1. The average molecular weight is 574 g/mol. The Hall–Kier alpha value is -3.51. The molecule has 1 aromatic carbocycles. The number of hydrogen-bond donors (Lipinski definition) is 2. The molecule has 0 fully saturated rings. The Morgan fingerprint density at radius 2 is 1.87 bits per heavy atom.